The number of nitrogens with one attached hydrogen (secondary N) is 1. The van der Waals surface area contributed by atoms with Crippen LogP contribution in [-0.2, 0) is 9.53 Å². The smallest absolute Gasteiger partial charge is 0.337 e. The molecule has 3 rings (SSSR count). The molecule has 192 valence electrons. The van der Waals surface area contributed by atoms with Crippen LogP contribution in [0.15, 0.2) is 24.3 Å². The zero-order chi connectivity index (χ0) is 25.8. The zero-order valence-electron chi connectivity index (χ0n) is 21.5. The Morgan fingerprint density at radius 3 is 2.26 bits per heavy atom. The van der Waals surface area contributed by atoms with E-state index in [4.69, 9.17) is 4.74 Å². The Hall–Kier alpha value is -2.94. The first kappa shape index (κ1) is 26.7. The van der Waals surface area contributed by atoms with Crippen molar-refractivity contribution in [3.8, 4) is 0 Å². The number of carbonyl (C=O) groups is 4. The maximum atomic E-state index is 13.6. The summed E-state index contributed by atoms with van der Waals surface area (Å²) in [6.45, 7) is 6.22. The van der Waals surface area contributed by atoms with Crippen LogP contribution in [0, 0.1) is 11.8 Å². The minimum Gasteiger partial charge on any atom is -0.465 e. The monoisotopic (exact) mass is 486 g/mol. The van der Waals surface area contributed by atoms with E-state index in [0.717, 1.165) is 6.42 Å². The van der Waals surface area contributed by atoms with Gasteiger partial charge in [-0.1, -0.05) is 13.8 Å². The molecule has 0 unspecified atom stereocenters. The maximum Gasteiger partial charge on any atom is 0.337 e. The summed E-state index contributed by atoms with van der Waals surface area (Å²) in [7, 11) is 5.15. The first-order chi connectivity index (χ1) is 16.6. The largest absolute Gasteiger partial charge is 0.465 e. The van der Waals surface area contributed by atoms with Gasteiger partial charge in [-0.3, -0.25) is 14.5 Å². The number of esters is 1. The molecule has 9 heteroatoms. The van der Waals surface area contributed by atoms with Crippen molar-refractivity contribution < 1.29 is 23.9 Å². The predicted octanol–water partition coefficient (Wildman–Crippen LogP) is 2.61. The summed E-state index contributed by atoms with van der Waals surface area (Å²) in [6, 6.07) is 6.12. The van der Waals surface area contributed by atoms with Crippen molar-refractivity contribution in [2.45, 2.75) is 45.1 Å². The summed E-state index contributed by atoms with van der Waals surface area (Å²) in [5.41, 5.74) is -0.0137. The van der Waals surface area contributed by atoms with E-state index in [0.29, 0.717) is 62.5 Å². The Morgan fingerprint density at radius 1 is 1.11 bits per heavy atom. The van der Waals surface area contributed by atoms with Crippen molar-refractivity contribution in [3.63, 3.8) is 0 Å². The van der Waals surface area contributed by atoms with Gasteiger partial charge < -0.3 is 19.9 Å². The molecule has 35 heavy (non-hydrogen) atoms. The second kappa shape index (κ2) is 11.2. The van der Waals surface area contributed by atoms with E-state index in [-0.39, 0.29) is 23.8 Å². The van der Waals surface area contributed by atoms with Gasteiger partial charge in [-0.15, -0.1) is 0 Å². The van der Waals surface area contributed by atoms with Crippen LogP contribution in [0.3, 0.4) is 0 Å². The fourth-order valence-electron chi connectivity index (χ4n) is 4.94. The minimum atomic E-state index is -0.912. The highest BCUT2D eigenvalue weighted by Gasteiger charge is 2.55. The van der Waals surface area contributed by atoms with Crippen molar-refractivity contribution in [1.82, 2.24) is 20.0 Å². The second-order valence-electron chi connectivity index (χ2n) is 10.2. The number of likely N-dealkylation sites (tertiary alicyclic amines) is 1. The van der Waals surface area contributed by atoms with Crippen molar-refractivity contribution in [2.75, 3.05) is 47.4 Å². The summed E-state index contributed by atoms with van der Waals surface area (Å²) < 4.78 is 4.71. The number of nitrogens with zero attached hydrogens (tertiary/aromatic N) is 3. The lowest BCUT2D eigenvalue weighted by Gasteiger charge is -2.41. The molecule has 2 heterocycles. The number of ether oxygens (including phenoxy) is 1. The number of amides is 4. The Morgan fingerprint density at radius 2 is 1.71 bits per heavy atom. The average Bonchev–Trinajstić information content (AvgIpc) is 3.10. The van der Waals surface area contributed by atoms with E-state index in [1.807, 2.05) is 19.0 Å². The number of rotatable bonds is 9. The van der Waals surface area contributed by atoms with Gasteiger partial charge in [0.2, 0.25) is 0 Å². The van der Waals surface area contributed by atoms with Crippen molar-refractivity contribution in [2.24, 2.45) is 11.8 Å². The molecule has 2 aliphatic heterocycles. The van der Waals surface area contributed by atoms with Gasteiger partial charge in [0.25, 0.3) is 11.8 Å². The molecule has 0 bridgehead atoms. The van der Waals surface area contributed by atoms with Crippen LogP contribution >= 0.6 is 0 Å². The Balaban J connectivity index is 1.71. The number of carbonyl (C=O) groups excluding carboxylic acids is 4. The second-order valence-corrected chi connectivity index (χ2v) is 10.2. The number of imide groups is 1. The van der Waals surface area contributed by atoms with Crippen LogP contribution in [0.25, 0.3) is 0 Å². The van der Waals surface area contributed by atoms with E-state index >= 15 is 0 Å². The predicted molar refractivity (Wildman–Crippen MR) is 132 cm³/mol. The van der Waals surface area contributed by atoms with Gasteiger partial charge in [-0.2, -0.15) is 0 Å². The molecular weight excluding hydrogens is 448 g/mol. The molecule has 2 fully saturated rings. The van der Waals surface area contributed by atoms with Crippen LogP contribution in [0.1, 0.15) is 60.2 Å². The molecule has 0 spiro atoms. The van der Waals surface area contributed by atoms with Crippen molar-refractivity contribution in [1.29, 1.82) is 0 Å². The molecule has 0 aromatic heterocycles. The van der Waals surface area contributed by atoms with Crippen molar-refractivity contribution >= 4 is 23.8 Å². The molecule has 0 aliphatic carbocycles. The van der Waals surface area contributed by atoms with E-state index in [1.165, 1.54) is 12.0 Å². The summed E-state index contributed by atoms with van der Waals surface area (Å²) in [5, 5.41) is 3.09. The van der Waals surface area contributed by atoms with Crippen LogP contribution in [0.4, 0.5) is 4.79 Å². The van der Waals surface area contributed by atoms with E-state index in [1.54, 1.807) is 29.2 Å². The molecular formula is C26H38N4O5. The number of likely N-dealkylation sites (N-methyl/N-ethyl adjacent to an activating group) is 1. The summed E-state index contributed by atoms with van der Waals surface area (Å²) >= 11 is 0. The van der Waals surface area contributed by atoms with Gasteiger partial charge in [0.1, 0.15) is 5.54 Å². The number of piperidine rings is 1. The number of methoxy groups -OCH3 is 1. The average molecular weight is 487 g/mol. The number of urea groups is 1. The fraction of sp³-hybridized carbons (Fsp3) is 0.615. The minimum absolute atomic E-state index is 0.0344. The van der Waals surface area contributed by atoms with Gasteiger partial charge in [0, 0.05) is 31.7 Å². The van der Waals surface area contributed by atoms with Gasteiger partial charge in [-0.25, -0.2) is 9.59 Å². The Labute approximate surface area is 207 Å². The normalized spacial score (nSPS) is 21.1. The van der Waals surface area contributed by atoms with Gasteiger partial charge >= 0.3 is 12.0 Å². The topological polar surface area (TPSA) is 99.3 Å². The molecule has 2 aliphatic rings. The Kier molecular flexibility index (Phi) is 8.53. The highest BCUT2D eigenvalue weighted by Crippen LogP contribution is 2.38. The first-order valence-electron chi connectivity index (χ1n) is 12.4. The molecule has 1 atom stereocenters. The lowest BCUT2D eigenvalue weighted by molar-refractivity contribution is -0.134. The molecule has 1 aromatic carbocycles. The van der Waals surface area contributed by atoms with E-state index in [2.05, 4.69) is 19.2 Å². The standard InChI is InChI=1S/C26H38N4O5/c1-18(2)10-13-26(24(33)30(25(34)27-26)17-16-28(3)4)21-11-14-29(15-12-21)22(31)19-6-8-20(9-7-19)23(32)35-5/h6-9,18,21H,10-17H2,1-5H3,(H,27,34)/t26-/m0/s1. The quantitative estimate of drug-likeness (QED) is 0.426. The van der Waals surface area contributed by atoms with Crippen LogP contribution in [-0.4, -0.2) is 91.4 Å². The maximum absolute atomic E-state index is 13.6. The molecule has 1 aromatic rings. The lowest BCUT2D eigenvalue weighted by atomic mass is 9.73. The van der Waals surface area contributed by atoms with Gasteiger partial charge in [0.05, 0.1) is 12.7 Å². The molecule has 2 saturated heterocycles. The Bertz CT molecular complexity index is 938. The molecule has 0 radical (unpaired) electrons. The SMILES string of the molecule is COC(=O)c1ccc(C(=O)N2CCC([C@]3(CCC(C)C)NC(=O)N(CCN(C)C)C3=O)CC2)cc1. The fourth-order valence-corrected chi connectivity index (χ4v) is 4.94. The van der Waals surface area contributed by atoms with E-state index in [9.17, 15) is 19.2 Å². The van der Waals surface area contributed by atoms with E-state index < -0.39 is 11.5 Å². The summed E-state index contributed by atoms with van der Waals surface area (Å²) in [5.74, 6) is -0.312. The molecule has 9 nitrogen and oxygen atoms in total. The van der Waals surface area contributed by atoms with Crippen molar-refractivity contribution in [3.05, 3.63) is 35.4 Å². The van der Waals surface area contributed by atoms with Crippen LogP contribution < -0.4 is 5.32 Å². The summed E-state index contributed by atoms with van der Waals surface area (Å²) in [6.07, 6.45) is 2.70. The molecule has 1 N–H and O–H groups in total. The van der Waals surface area contributed by atoms with Crippen LogP contribution in [0.2, 0.25) is 0 Å². The van der Waals surface area contributed by atoms with Gasteiger partial charge in [-0.05, 0) is 75.9 Å². The highest BCUT2D eigenvalue weighted by molar-refractivity contribution is 6.07. The third-order valence-corrected chi connectivity index (χ3v) is 7.12. The number of hydrogen-bond donors (Lipinski definition) is 1. The third kappa shape index (κ3) is 5.83. The lowest BCUT2D eigenvalue weighted by Crippen LogP contribution is -2.56. The molecule has 4 amide bonds. The zero-order valence-corrected chi connectivity index (χ0v) is 21.5. The molecule has 0 saturated carbocycles. The first-order valence-corrected chi connectivity index (χ1v) is 12.4. The highest BCUT2D eigenvalue weighted by atomic mass is 16.5. The number of hydrogen-bond acceptors (Lipinski definition) is 6. The van der Waals surface area contributed by atoms with Crippen LogP contribution in [0.5, 0.6) is 0 Å². The van der Waals surface area contributed by atoms with Gasteiger partial charge in [0.15, 0.2) is 0 Å². The third-order valence-electron chi connectivity index (χ3n) is 7.12. The summed E-state index contributed by atoms with van der Waals surface area (Å²) in [4.78, 5) is 56.2. The number of benzene rings is 1.